The minimum absolute atomic E-state index is 0.155. The third-order valence-electron chi connectivity index (χ3n) is 3.01. The van der Waals surface area contributed by atoms with E-state index in [1.54, 1.807) is 12.1 Å². The van der Waals surface area contributed by atoms with E-state index in [1.807, 2.05) is 0 Å². The van der Waals surface area contributed by atoms with Crippen molar-refractivity contribution in [2.75, 3.05) is 13.2 Å². The van der Waals surface area contributed by atoms with E-state index in [4.69, 9.17) is 14.6 Å². The molecule has 0 atom stereocenters. The summed E-state index contributed by atoms with van der Waals surface area (Å²) in [6, 6.07) is 6.14. The van der Waals surface area contributed by atoms with Gasteiger partial charge in [0.05, 0.1) is 19.0 Å². The molecule has 1 fully saturated rings. The summed E-state index contributed by atoms with van der Waals surface area (Å²) in [7, 11) is 0. The van der Waals surface area contributed by atoms with Gasteiger partial charge >= 0.3 is 0 Å². The predicted molar refractivity (Wildman–Crippen MR) is 65.6 cm³/mol. The molecule has 0 radical (unpaired) electrons. The number of hydrogen-bond acceptors (Lipinski definition) is 3. The Kier molecular flexibility index (Phi) is 3.99. The highest BCUT2D eigenvalue weighted by Gasteiger charge is 2.37. The summed E-state index contributed by atoms with van der Waals surface area (Å²) in [5.74, 6) is -0.929. The van der Waals surface area contributed by atoms with Gasteiger partial charge in [0.2, 0.25) is 0 Å². The highest BCUT2D eigenvalue weighted by molar-refractivity contribution is 5.22. The highest BCUT2D eigenvalue weighted by Crippen LogP contribution is 2.36. The molecule has 1 saturated heterocycles. The number of allylic oxidation sites excluding steroid dienone is 1. The first kappa shape index (κ1) is 13.1. The zero-order valence-electron chi connectivity index (χ0n) is 10.2. The standard InChI is InChI=1S/C14H17FO3/c1-11(16)3-2-8-14(17-9-10-18-14)12-4-6-13(15)7-5-12/h4-7,16H,1-3,8-10H2. The molecule has 0 unspecified atom stereocenters. The predicted octanol–water partition coefficient (Wildman–Crippen LogP) is 3.27. The lowest BCUT2D eigenvalue weighted by atomic mass is 9.99. The van der Waals surface area contributed by atoms with Crippen LogP contribution >= 0.6 is 0 Å². The lowest BCUT2D eigenvalue weighted by Crippen LogP contribution is -2.27. The maximum Gasteiger partial charge on any atom is 0.194 e. The van der Waals surface area contributed by atoms with E-state index in [-0.39, 0.29) is 11.6 Å². The second kappa shape index (κ2) is 5.50. The topological polar surface area (TPSA) is 38.7 Å². The lowest BCUT2D eigenvalue weighted by molar-refractivity contribution is -0.171. The third-order valence-corrected chi connectivity index (χ3v) is 3.01. The highest BCUT2D eigenvalue weighted by atomic mass is 19.1. The van der Waals surface area contributed by atoms with Crippen LogP contribution in [0.4, 0.5) is 4.39 Å². The van der Waals surface area contributed by atoms with E-state index in [1.165, 1.54) is 12.1 Å². The van der Waals surface area contributed by atoms with Crippen molar-refractivity contribution in [1.29, 1.82) is 0 Å². The van der Waals surface area contributed by atoms with E-state index in [9.17, 15) is 4.39 Å². The largest absolute Gasteiger partial charge is 0.513 e. The summed E-state index contributed by atoms with van der Waals surface area (Å²) in [5.41, 5.74) is 0.810. The van der Waals surface area contributed by atoms with Gasteiger partial charge in [0, 0.05) is 18.4 Å². The van der Waals surface area contributed by atoms with Gasteiger partial charge in [-0.05, 0) is 18.6 Å². The molecule has 0 bridgehead atoms. The summed E-state index contributed by atoms with van der Waals surface area (Å²) in [4.78, 5) is 0. The molecule has 18 heavy (non-hydrogen) atoms. The maximum atomic E-state index is 12.9. The summed E-state index contributed by atoms with van der Waals surface area (Å²) in [6.07, 6.45) is 1.82. The Hall–Kier alpha value is -1.39. The van der Waals surface area contributed by atoms with E-state index < -0.39 is 5.79 Å². The summed E-state index contributed by atoms with van der Waals surface area (Å²) < 4.78 is 24.3. The Balaban J connectivity index is 2.11. The number of ether oxygens (including phenoxy) is 2. The number of rotatable bonds is 5. The molecule has 0 saturated carbocycles. The average Bonchev–Trinajstić information content (AvgIpc) is 2.79. The number of aliphatic hydroxyl groups is 1. The molecule has 0 amide bonds. The molecule has 1 N–H and O–H groups in total. The van der Waals surface area contributed by atoms with Crippen molar-refractivity contribution in [2.24, 2.45) is 0 Å². The van der Waals surface area contributed by atoms with Crippen molar-refractivity contribution in [3.8, 4) is 0 Å². The normalized spacial score (nSPS) is 17.8. The average molecular weight is 252 g/mol. The van der Waals surface area contributed by atoms with Gasteiger partial charge in [0.15, 0.2) is 5.79 Å². The van der Waals surface area contributed by atoms with Crippen LogP contribution in [0.15, 0.2) is 36.6 Å². The number of benzene rings is 1. The van der Waals surface area contributed by atoms with Gasteiger partial charge in [-0.25, -0.2) is 4.39 Å². The Morgan fingerprint density at radius 3 is 2.44 bits per heavy atom. The molecule has 1 aliphatic rings. The minimum Gasteiger partial charge on any atom is -0.513 e. The minimum atomic E-state index is -0.802. The van der Waals surface area contributed by atoms with Crippen LogP contribution in [0.3, 0.4) is 0 Å². The fourth-order valence-electron chi connectivity index (χ4n) is 2.14. The van der Waals surface area contributed by atoms with E-state index in [0.29, 0.717) is 32.5 Å². The van der Waals surface area contributed by atoms with Gasteiger partial charge in [-0.15, -0.1) is 0 Å². The van der Waals surface area contributed by atoms with Gasteiger partial charge in [0.25, 0.3) is 0 Å². The van der Waals surface area contributed by atoms with Crippen LogP contribution in [0.2, 0.25) is 0 Å². The first-order valence-electron chi connectivity index (χ1n) is 6.03. The lowest BCUT2D eigenvalue weighted by Gasteiger charge is -2.27. The monoisotopic (exact) mass is 252 g/mol. The Bertz CT molecular complexity index is 408. The number of aliphatic hydroxyl groups excluding tert-OH is 1. The van der Waals surface area contributed by atoms with Crippen LogP contribution in [0.1, 0.15) is 24.8 Å². The molecule has 2 rings (SSSR count). The van der Waals surface area contributed by atoms with Gasteiger partial charge in [-0.3, -0.25) is 0 Å². The quantitative estimate of drug-likeness (QED) is 0.817. The Labute approximate surface area is 106 Å². The fourth-order valence-corrected chi connectivity index (χ4v) is 2.14. The number of halogens is 1. The van der Waals surface area contributed by atoms with Crippen LogP contribution in [0.25, 0.3) is 0 Å². The van der Waals surface area contributed by atoms with Crippen LogP contribution in [-0.2, 0) is 15.3 Å². The fraction of sp³-hybridized carbons (Fsp3) is 0.429. The van der Waals surface area contributed by atoms with Crippen molar-refractivity contribution in [1.82, 2.24) is 0 Å². The first-order valence-corrected chi connectivity index (χ1v) is 6.03. The van der Waals surface area contributed by atoms with Crippen molar-refractivity contribution in [2.45, 2.75) is 25.0 Å². The Morgan fingerprint density at radius 2 is 1.89 bits per heavy atom. The molecule has 4 heteroatoms. The molecular formula is C14H17FO3. The second-order valence-corrected chi connectivity index (χ2v) is 4.38. The van der Waals surface area contributed by atoms with Crippen LogP contribution < -0.4 is 0 Å². The van der Waals surface area contributed by atoms with Crippen LogP contribution in [-0.4, -0.2) is 18.3 Å². The van der Waals surface area contributed by atoms with Crippen molar-refractivity contribution >= 4 is 0 Å². The number of hydrogen-bond donors (Lipinski definition) is 1. The van der Waals surface area contributed by atoms with Crippen molar-refractivity contribution in [3.63, 3.8) is 0 Å². The molecule has 1 aromatic rings. The van der Waals surface area contributed by atoms with Gasteiger partial charge in [-0.1, -0.05) is 18.7 Å². The van der Waals surface area contributed by atoms with Gasteiger partial charge in [-0.2, -0.15) is 0 Å². The molecule has 0 spiro atoms. The molecule has 1 aromatic carbocycles. The van der Waals surface area contributed by atoms with Gasteiger partial charge in [0.1, 0.15) is 5.82 Å². The first-order chi connectivity index (χ1) is 8.62. The SMILES string of the molecule is C=C(O)CCCC1(c2ccc(F)cc2)OCCO1. The van der Waals surface area contributed by atoms with Gasteiger partial charge < -0.3 is 14.6 Å². The second-order valence-electron chi connectivity index (χ2n) is 4.38. The Morgan fingerprint density at radius 1 is 1.28 bits per heavy atom. The summed E-state index contributed by atoms with van der Waals surface area (Å²) in [5, 5.41) is 9.09. The molecule has 0 aliphatic carbocycles. The zero-order chi connectivity index (χ0) is 13.0. The van der Waals surface area contributed by atoms with E-state index in [2.05, 4.69) is 6.58 Å². The summed E-state index contributed by atoms with van der Waals surface area (Å²) >= 11 is 0. The maximum absolute atomic E-state index is 12.9. The van der Waals surface area contributed by atoms with E-state index in [0.717, 1.165) is 5.56 Å². The third kappa shape index (κ3) is 2.89. The zero-order valence-corrected chi connectivity index (χ0v) is 10.2. The summed E-state index contributed by atoms with van der Waals surface area (Å²) in [6.45, 7) is 4.50. The van der Waals surface area contributed by atoms with E-state index >= 15 is 0 Å². The molecule has 1 aliphatic heterocycles. The van der Waals surface area contributed by atoms with Crippen LogP contribution in [0, 0.1) is 5.82 Å². The molecule has 1 heterocycles. The smallest absolute Gasteiger partial charge is 0.194 e. The molecular weight excluding hydrogens is 235 g/mol. The molecule has 3 nitrogen and oxygen atoms in total. The molecule has 98 valence electrons. The van der Waals surface area contributed by atoms with Crippen molar-refractivity contribution < 1.29 is 19.0 Å². The van der Waals surface area contributed by atoms with Crippen LogP contribution in [0.5, 0.6) is 0 Å². The van der Waals surface area contributed by atoms with Crippen molar-refractivity contribution in [3.05, 3.63) is 48.0 Å². The molecule has 0 aromatic heterocycles.